The van der Waals surface area contributed by atoms with Crippen molar-refractivity contribution in [2.45, 2.75) is 19.8 Å². The summed E-state index contributed by atoms with van der Waals surface area (Å²) in [6.07, 6.45) is 1.60. The molecule has 0 radical (unpaired) electrons. The van der Waals surface area contributed by atoms with Crippen LogP contribution in [0.4, 0.5) is 5.69 Å². The number of benzene rings is 2. The molecule has 0 unspecified atom stereocenters. The lowest BCUT2D eigenvalue weighted by Crippen LogP contribution is -2.16. The van der Waals surface area contributed by atoms with Crippen LogP contribution in [-0.2, 0) is 12.8 Å². The summed E-state index contributed by atoms with van der Waals surface area (Å²) in [5.41, 5.74) is 6.18. The van der Waals surface area contributed by atoms with Gasteiger partial charge in [-0.25, -0.2) is 0 Å². The molecule has 1 amide bonds. The Morgan fingerprint density at radius 1 is 1.23 bits per heavy atom. The smallest absolute Gasteiger partial charge is 0.273 e. The van der Waals surface area contributed by atoms with Crippen LogP contribution in [0.25, 0.3) is 11.3 Å². The van der Waals surface area contributed by atoms with E-state index in [9.17, 15) is 4.79 Å². The first-order valence-corrected chi connectivity index (χ1v) is 8.76. The summed E-state index contributed by atoms with van der Waals surface area (Å²) >= 11 is 5.98. The lowest BCUT2D eigenvalue weighted by atomic mass is 9.89. The molecule has 26 heavy (non-hydrogen) atoms. The van der Waals surface area contributed by atoms with Crippen molar-refractivity contribution in [2.24, 2.45) is 0 Å². The van der Waals surface area contributed by atoms with Gasteiger partial charge in [0.2, 0.25) is 0 Å². The number of methoxy groups -OCH3 is 1. The van der Waals surface area contributed by atoms with Crippen molar-refractivity contribution >= 4 is 23.2 Å². The highest BCUT2D eigenvalue weighted by Gasteiger charge is 2.25. The van der Waals surface area contributed by atoms with E-state index in [1.54, 1.807) is 19.2 Å². The van der Waals surface area contributed by atoms with Crippen LogP contribution >= 0.6 is 11.6 Å². The molecule has 0 fully saturated rings. The van der Waals surface area contributed by atoms with E-state index < -0.39 is 0 Å². The van der Waals surface area contributed by atoms with Gasteiger partial charge in [-0.15, -0.1) is 0 Å². The third kappa shape index (κ3) is 2.84. The van der Waals surface area contributed by atoms with Gasteiger partial charge in [-0.1, -0.05) is 11.6 Å². The standard InChI is InChI=1S/C20H18ClN3O2/c1-11-9-13(21)4-8-17(11)22-20(25)19-16-6-3-12-10-14(26-2)5-7-15(12)18(16)23-24-19/h4-5,7-10H,3,6H2,1-2H3,(H,22,25)(H,23,24). The number of hydrogen-bond donors (Lipinski definition) is 2. The van der Waals surface area contributed by atoms with Gasteiger partial charge < -0.3 is 10.1 Å². The fourth-order valence-electron chi connectivity index (χ4n) is 3.37. The molecule has 0 atom stereocenters. The Morgan fingerprint density at radius 3 is 2.85 bits per heavy atom. The third-order valence-corrected chi connectivity index (χ3v) is 4.98. The summed E-state index contributed by atoms with van der Waals surface area (Å²) in [4.78, 5) is 12.8. The number of aromatic amines is 1. The summed E-state index contributed by atoms with van der Waals surface area (Å²) < 4.78 is 5.30. The van der Waals surface area contributed by atoms with E-state index >= 15 is 0 Å². The first-order chi connectivity index (χ1) is 12.6. The van der Waals surface area contributed by atoms with E-state index in [1.807, 2.05) is 31.2 Å². The molecule has 0 saturated heterocycles. The van der Waals surface area contributed by atoms with Crippen molar-refractivity contribution in [2.75, 3.05) is 12.4 Å². The van der Waals surface area contributed by atoms with Gasteiger partial charge >= 0.3 is 0 Å². The van der Waals surface area contributed by atoms with Crippen LogP contribution in [0.1, 0.15) is 27.2 Å². The van der Waals surface area contributed by atoms with E-state index in [0.717, 1.165) is 46.7 Å². The molecule has 0 saturated carbocycles. The minimum absolute atomic E-state index is 0.193. The van der Waals surface area contributed by atoms with Crippen LogP contribution in [0, 0.1) is 6.92 Å². The molecule has 5 nitrogen and oxygen atoms in total. The van der Waals surface area contributed by atoms with E-state index in [1.165, 1.54) is 5.56 Å². The van der Waals surface area contributed by atoms with Gasteiger partial charge in [-0.05, 0) is 67.3 Å². The number of H-pyrrole nitrogens is 1. The third-order valence-electron chi connectivity index (χ3n) is 4.74. The molecule has 0 bridgehead atoms. The SMILES string of the molecule is COc1ccc2c(c1)CCc1c-2n[nH]c1C(=O)Nc1ccc(Cl)cc1C. The predicted molar refractivity (Wildman–Crippen MR) is 102 cm³/mol. The second-order valence-corrected chi connectivity index (χ2v) is 6.80. The summed E-state index contributed by atoms with van der Waals surface area (Å²) in [5, 5.41) is 10.9. The number of aromatic nitrogens is 2. The van der Waals surface area contributed by atoms with Crippen molar-refractivity contribution in [3.8, 4) is 17.0 Å². The van der Waals surface area contributed by atoms with Gasteiger partial charge in [0.1, 0.15) is 11.4 Å². The number of nitrogens with one attached hydrogen (secondary N) is 2. The van der Waals surface area contributed by atoms with Gasteiger partial charge in [0.15, 0.2) is 0 Å². The fraction of sp³-hybridized carbons (Fsp3) is 0.200. The first kappa shape index (κ1) is 16.7. The Hall–Kier alpha value is -2.79. The zero-order valence-electron chi connectivity index (χ0n) is 14.5. The number of aryl methyl sites for hydroxylation is 2. The molecule has 4 rings (SSSR count). The Bertz CT molecular complexity index is 1010. The van der Waals surface area contributed by atoms with Crippen molar-refractivity contribution < 1.29 is 9.53 Å². The summed E-state index contributed by atoms with van der Waals surface area (Å²) in [6, 6.07) is 11.3. The number of amides is 1. The maximum atomic E-state index is 12.8. The van der Waals surface area contributed by atoms with Gasteiger partial charge in [-0.2, -0.15) is 5.10 Å². The molecule has 0 spiro atoms. The minimum atomic E-state index is -0.193. The molecule has 2 N–H and O–H groups in total. The van der Waals surface area contributed by atoms with Crippen LogP contribution in [0.3, 0.4) is 0 Å². The summed E-state index contributed by atoms with van der Waals surface area (Å²) in [6.45, 7) is 1.91. The summed E-state index contributed by atoms with van der Waals surface area (Å²) in [7, 11) is 1.66. The largest absolute Gasteiger partial charge is 0.497 e. The topological polar surface area (TPSA) is 67.0 Å². The molecule has 132 valence electrons. The molecule has 6 heteroatoms. The van der Waals surface area contributed by atoms with E-state index in [4.69, 9.17) is 16.3 Å². The van der Waals surface area contributed by atoms with Crippen molar-refractivity contribution in [3.05, 3.63) is 63.8 Å². The number of carbonyl (C=O) groups is 1. The molecule has 3 aromatic rings. The Balaban J connectivity index is 1.65. The maximum Gasteiger partial charge on any atom is 0.273 e. The zero-order chi connectivity index (χ0) is 18.3. The monoisotopic (exact) mass is 367 g/mol. The van der Waals surface area contributed by atoms with Crippen LogP contribution < -0.4 is 10.1 Å². The van der Waals surface area contributed by atoms with Crippen LogP contribution in [-0.4, -0.2) is 23.2 Å². The quantitative estimate of drug-likeness (QED) is 0.721. The van der Waals surface area contributed by atoms with Crippen molar-refractivity contribution in [1.29, 1.82) is 0 Å². The number of ether oxygens (including phenoxy) is 1. The highest BCUT2D eigenvalue weighted by atomic mass is 35.5. The zero-order valence-corrected chi connectivity index (χ0v) is 15.3. The van der Waals surface area contributed by atoms with Crippen molar-refractivity contribution in [3.63, 3.8) is 0 Å². The second-order valence-electron chi connectivity index (χ2n) is 6.36. The van der Waals surface area contributed by atoms with E-state index in [-0.39, 0.29) is 5.91 Å². The van der Waals surface area contributed by atoms with E-state index in [2.05, 4.69) is 15.5 Å². The predicted octanol–water partition coefficient (Wildman–Crippen LogP) is 4.40. The van der Waals surface area contributed by atoms with E-state index in [0.29, 0.717) is 10.7 Å². The van der Waals surface area contributed by atoms with Gasteiger partial charge in [0.05, 0.1) is 12.8 Å². The number of rotatable bonds is 3. The van der Waals surface area contributed by atoms with Crippen LogP contribution in [0.2, 0.25) is 5.02 Å². The molecule has 0 aliphatic heterocycles. The van der Waals surface area contributed by atoms with Crippen LogP contribution in [0.15, 0.2) is 36.4 Å². The van der Waals surface area contributed by atoms with Crippen LogP contribution in [0.5, 0.6) is 5.75 Å². The highest BCUT2D eigenvalue weighted by molar-refractivity contribution is 6.30. The average Bonchev–Trinajstić information content (AvgIpc) is 3.08. The summed E-state index contributed by atoms with van der Waals surface area (Å²) in [5.74, 6) is 0.639. The van der Waals surface area contributed by atoms with Gasteiger partial charge in [-0.3, -0.25) is 9.89 Å². The Labute approximate surface area is 156 Å². The molecule has 1 aliphatic rings. The van der Waals surface area contributed by atoms with Gasteiger partial charge in [0, 0.05) is 21.8 Å². The lowest BCUT2D eigenvalue weighted by Gasteiger charge is -2.17. The number of fused-ring (bicyclic) bond motifs is 3. The Morgan fingerprint density at radius 2 is 2.08 bits per heavy atom. The van der Waals surface area contributed by atoms with Gasteiger partial charge in [0.25, 0.3) is 5.91 Å². The minimum Gasteiger partial charge on any atom is -0.497 e. The number of hydrogen-bond acceptors (Lipinski definition) is 3. The van der Waals surface area contributed by atoms with Crippen molar-refractivity contribution in [1.82, 2.24) is 10.2 Å². The molecule has 1 aromatic heterocycles. The first-order valence-electron chi connectivity index (χ1n) is 8.39. The fourth-order valence-corrected chi connectivity index (χ4v) is 3.59. The molecular formula is C20H18ClN3O2. The maximum absolute atomic E-state index is 12.8. The molecule has 1 aliphatic carbocycles. The molecule has 2 aromatic carbocycles. The Kier molecular flexibility index (Phi) is 4.17. The lowest BCUT2D eigenvalue weighted by molar-refractivity contribution is 0.102. The molecular weight excluding hydrogens is 350 g/mol. The number of anilines is 1. The number of carbonyl (C=O) groups excluding carboxylic acids is 1. The number of halogens is 1. The highest BCUT2D eigenvalue weighted by Crippen LogP contribution is 2.35. The number of nitrogens with zero attached hydrogens (tertiary/aromatic N) is 1. The second kappa shape index (κ2) is 6.50. The molecule has 1 heterocycles. The normalized spacial score (nSPS) is 12.3. The average molecular weight is 368 g/mol.